The van der Waals surface area contributed by atoms with Crippen molar-refractivity contribution in [1.29, 1.82) is 0 Å². The second-order valence-electron chi connectivity index (χ2n) is 5.34. The summed E-state index contributed by atoms with van der Waals surface area (Å²) in [6.07, 6.45) is 1.49. The van der Waals surface area contributed by atoms with Crippen molar-refractivity contribution in [3.63, 3.8) is 0 Å². The van der Waals surface area contributed by atoms with Crippen molar-refractivity contribution < 1.29 is 14.2 Å². The van der Waals surface area contributed by atoms with Crippen molar-refractivity contribution >= 4 is 0 Å². The molecule has 19 heavy (non-hydrogen) atoms. The molecule has 0 N–H and O–H groups in total. The molecular formula is C15H21NO3. The molecule has 1 aromatic rings. The van der Waals surface area contributed by atoms with Gasteiger partial charge in [-0.05, 0) is 24.5 Å². The van der Waals surface area contributed by atoms with Crippen LogP contribution in [-0.4, -0.2) is 51.0 Å². The second kappa shape index (κ2) is 5.80. The number of ether oxygens (including phenoxy) is 3. The molecule has 2 saturated heterocycles. The lowest BCUT2D eigenvalue weighted by atomic mass is 10.0. The fraction of sp³-hybridized carbons (Fsp3) is 0.600. The molecule has 2 fully saturated rings. The number of hydrogen-bond acceptors (Lipinski definition) is 4. The maximum absolute atomic E-state index is 5.97. The Balaban J connectivity index is 1.45. The van der Waals surface area contributed by atoms with Crippen LogP contribution in [0.2, 0.25) is 0 Å². The summed E-state index contributed by atoms with van der Waals surface area (Å²) in [5, 5.41) is 0. The van der Waals surface area contributed by atoms with Gasteiger partial charge in [-0.2, -0.15) is 0 Å². The van der Waals surface area contributed by atoms with Gasteiger partial charge in [-0.3, -0.25) is 4.90 Å². The van der Waals surface area contributed by atoms with E-state index in [0.717, 1.165) is 44.3 Å². The molecular weight excluding hydrogens is 242 g/mol. The Morgan fingerprint density at radius 2 is 2.05 bits per heavy atom. The van der Waals surface area contributed by atoms with Crippen molar-refractivity contribution in [1.82, 2.24) is 4.90 Å². The largest absolute Gasteiger partial charge is 0.493 e. The highest BCUT2D eigenvalue weighted by atomic mass is 16.5. The number of hydrogen-bond donors (Lipinski definition) is 0. The van der Waals surface area contributed by atoms with E-state index in [2.05, 4.69) is 4.90 Å². The molecule has 0 aliphatic carbocycles. The molecule has 0 radical (unpaired) electrons. The summed E-state index contributed by atoms with van der Waals surface area (Å²) in [5.41, 5.74) is 0. The van der Waals surface area contributed by atoms with Gasteiger partial charge in [-0.15, -0.1) is 0 Å². The predicted molar refractivity (Wildman–Crippen MR) is 72.8 cm³/mol. The summed E-state index contributed by atoms with van der Waals surface area (Å²) in [7, 11) is 1.68. The Bertz CT molecular complexity index is 412. The number of likely N-dealkylation sites (tertiary alicyclic amines) is 1. The molecule has 0 spiro atoms. The highest BCUT2D eigenvalue weighted by molar-refractivity contribution is 5.39. The Morgan fingerprint density at radius 3 is 2.74 bits per heavy atom. The number of benzene rings is 1. The van der Waals surface area contributed by atoms with Crippen LogP contribution >= 0.6 is 0 Å². The van der Waals surface area contributed by atoms with Gasteiger partial charge in [-0.1, -0.05) is 12.1 Å². The van der Waals surface area contributed by atoms with Gasteiger partial charge >= 0.3 is 0 Å². The zero-order chi connectivity index (χ0) is 13.1. The summed E-state index contributed by atoms with van der Waals surface area (Å²) in [6, 6.07) is 7.83. The van der Waals surface area contributed by atoms with E-state index >= 15 is 0 Å². The van der Waals surface area contributed by atoms with Crippen LogP contribution in [0.25, 0.3) is 0 Å². The minimum atomic E-state index is 0.290. The average molecular weight is 263 g/mol. The molecule has 104 valence electrons. The Labute approximate surface area is 114 Å². The summed E-state index contributed by atoms with van der Waals surface area (Å²) < 4.78 is 16.7. The lowest BCUT2D eigenvalue weighted by Crippen LogP contribution is -2.55. The molecule has 0 unspecified atom stereocenters. The van der Waals surface area contributed by atoms with Crippen molar-refractivity contribution in [3.05, 3.63) is 24.3 Å². The van der Waals surface area contributed by atoms with Gasteiger partial charge in [-0.25, -0.2) is 0 Å². The highest BCUT2D eigenvalue weighted by Gasteiger charge is 2.31. The molecule has 2 heterocycles. The van der Waals surface area contributed by atoms with E-state index in [1.165, 1.54) is 6.42 Å². The first-order chi connectivity index (χ1) is 9.35. The maximum Gasteiger partial charge on any atom is 0.161 e. The van der Waals surface area contributed by atoms with Crippen LogP contribution in [0, 0.1) is 5.92 Å². The van der Waals surface area contributed by atoms with E-state index in [9.17, 15) is 0 Å². The molecule has 3 rings (SSSR count). The normalized spacial score (nSPS) is 24.2. The Hall–Kier alpha value is -1.26. The fourth-order valence-corrected chi connectivity index (χ4v) is 2.73. The van der Waals surface area contributed by atoms with E-state index in [1.807, 2.05) is 24.3 Å². The van der Waals surface area contributed by atoms with Crippen LogP contribution in [0.1, 0.15) is 6.42 Å². The van der Waals surface area contributed by atoms with Crippen LogP contribution in [0.15, 0.2) is 24.3 Å². The van der Waals surface area contributed by atoms with Crippen LogP contribution in [0.4, 0.5) is 0 Å². The smallest absolute Gasteiger partial charge is 0.161 e. The molecule has 4 heteroatoms. The van der Waals surface area contributed by atoms with E-state index in [1.54, 1.807) is 7.11 Å². The number of para-hydroxylation sites is 2. The third kappa shape index (κ3) is 3.01. The van der Waals surface area contributed by atoms with Gasteiger partial charge in [0.05, 0.1) is 13.7 Å². The van der Waals surface area contributed by atoms with E-state index in [0.29, 0.717) is 12.0 Å². The van der Waals surface area contributed by atoms with Gasteiger partial charge in [0.2, 0.25) is 0 Å². The molecule has 0 saturated carbocycles. The molecule has 2 aliphatic rings. The Morgan fingerprint density at radius 1 is 1.26 bits per heavy atom. The zero-order valence-corrected chi connectivity index (χ0v) is 11.4. The first-order valence-corrected chi connectivity index (χ1v) is 6.95. The van der Waals surface area contributed by atoms with E-state index in [4.69, 9.17) is 14.2 Å². The molecule has 4 nitrogen and oxygen atoms in total. The zero-order valence-electron chi connectivity index (χ0n) is 11.4. The van der Waals surface area contributed by atoms with Crippen LogP contribution < -0.4 is 9.47 Å². The van der Waals surface area contributed by atoms with Gasteiger partial charge in [0, 0.05) is 26.2 Å². The third-order valence-corrected chi connectivity index (χ3v) is 3.83. The summed E-state index contributed by atoms with van der Waals surface area (Å²) in [5.74, 6) is 2.37. The molecule has 1 atom stereocenters. The van der Waals surface area contributed by atoms with Gasteiger partial charge < -0.3 is 14.2 Å². The lowest BCUT2D eigenvalue weighted by Gasteiger charge is -2.40. The van der Waals surface area contributed by atoms with Gasteiger partial charge in [0.15, 0.2) is 11.5 Å². The lowest BCUT2D eigenvalue weighted by molar-refractivity contribution is 0.00784. The summed E-state index contributed by atoms with van der Waals surface area (Å²) in [6.45, 7) is 5.02. The average Bonchev–Trinajstić information content (AvgIpc) is 2.89. The van der Waals surface area contributed by atoms with Crippen LogP contribution in [0.3, 0.4) is 0 Å². The van der Waals surface area contributed by atoms with E-state index in [-0.39, 0.29) is 0 Å². The van der Waals surface area contributed by atoms with Gasteiger partial charge in [0.25, 0.3) is 0 Å². The fourth-order valence-electron chi connectivity index (χ4n) is 2.73. The van der Waals surface area contributed by atoms with Crippen molar-refractivity contribution in [3.8, 4) is 11.5 Å². The van der Waals surface area contributed by atoms with Crippen molar-refractivity contribution in [2.75, 3.05) is 40.0 Å². The molecule has 1 aromatic carbocycles. The third-order valence-electron chi connectivity index (χ3n) is 3.83. The first-order valence-electron chi connectivity index (χ1n) is 6.95. The van der Waals surface area contributed by atoms with E-state index < -0.39 is 0 Å². The quantitative estimate of drug-likeness (QED) is 0.810. The molecule has 2 aliphatic heterocycles. The minimum Gasteiger partial charge on any atom is -0.493 e. The van der Waals surface area contributed by atoms with Crippen molar-refractivity contribution in [2.45, 2.75) is 12.5 Å². The first kappa shape index (κ1) is 12.8. The number of methoxy groups -OCH3 is 1. The molecule has 0 bridgehead atoms. The molecule has 0 amide bonds. The molecule has 0 aromatic heterocycles. The monoisotopic (exact) mass is 263 g/mol. The van der Waals surface area contributed by atoms with Gasteiger partial charge in [0.1, 0.15) is 6.10 Å². The SMILES string of the molecule is COc1ccccc1OC1CN(C[C@H]2CCOC2)C1. The van der Waals surface area contributed by atoms with Crippen molar-refractivity contribution in [2.24, 2.45) is 5.92 Å². The summed E-state index contributed by atoms with van der Waals surface area (Å²) in [4.78, 5) is 2.44. The second-order valence-corrected chi connectivity index (χ2v) is 5.34. The topological polar surface area (TPSA) is 30.9 Å². The summed E-state index contributed by atoms with van der Waals surface area (Å²) >= 11 is 0. The predicted octanol–water partition coefficient (Wildman–Crippen LogP) is 1.79. The standard InChI is InChI=1S/C15H21NO3/c1-17-14-4-2-3-5-15(14)19-13-9-16(10-13)8-12-6-7-18-11-12/h2-5,12-13H,6-11H2,1H3/t12-/m1/s1. The van der Waals surface area contributed by atoms with Crippen LogP contribution in [-0.2, 0) is 4.74 Å². The number of rotatable bonds is 5. The Kier molecular flexibility index (Phi) is 3.89. The highest BCUT2D eigenvalue weighted by Crippen LogP contribution is 2.29. The maximum atomic E-state index is 5.97. The van der Waals surface area contributed by atoms with Crippen LogP contribution in [0.5, 0.6) is 11.5 Å². The minimum absolute atomic E-state index is 0.290. The number of nitrogens with zero attached hydrogens (tertiary/aromatic N) is 1.